The van der Waals surface area contributed by atoms with E-state index in [4.69, 9.17) is 0 Å². The third kappa shape index (κ3) is 3.34. The molecule has 0 radical (unpaired) electrons. The Kier molecular flexibility index (Phi) is 4.21. The average molecular weight is 291 g/mol. The van der Waals surface area contributed by atoms with Crippen molar-refractivity contribution < 1.29 is 5.11 Å². The van der Waals surface area contributed by atoms with Gasteiger partial charge in [-0.05, 0) is 35.6 Å². The highest BCUT2D eigenvalue weighted by Gasteiger charge is 2.10. The average Bonchev–Trinajstić information content (AvgIpc) is 2.37. The van der Waals surface area contributed by atoms with Gasteiger partial charge in [0, 0.05) is 5.33 Å². The fourth-order valence-electron chi connectivity index (χ4n) is 1.95. The second kappa shape index (κ2) is 5.87. The predicted molar refractivity (Wildman–Crippen MR) is 74.8 cm³/mol. The van der Waals surface area contributed by atoms with Crippen LogP contribution in [0.25, 0.3) is 0 Å². The second-order valence-electron chi connectivity index (χ2n) is 4.14. The summed E-state index contributed by atoms with van der Waals surface area (Å²) in [5, 5.41) is 10.4. The van der Waals surface area contributed by atoms with Gasteiger partial charge in [-0.1, -0.05) is 58.4 Å². The summed E-state index contributed by atoms with van der Waals surface area (Å²) in [4.78, 5) is 0. The first-order valence-electron chi connectivity index (χ1n) is 5.68. The molecule has 0 aliphatic carbocycles. The van der Waals surface area contributed by atoms with Crippen molar-refractivity contribution in [2.24, 2.45) is 0 Å². The Morgan fingerprint density at radius 3 is 2.41 bits per heavy atom. The minimum atomic E-state index is 0.337. The van der Waals surface area contributed by atoms with Crippen molar-refractivity contribution >= 4 is 15.9 Å². The maximum absolute atomic E-state index is 9.46. The third-order valence-electron chi connectivity index (χ3n) is 2.85. The van der Waals surface area contributed by atoms with Gasteiger partial charge in [0.25, 0.3) is 0 Å². The molecule has 0 aliphatic rings. The summed E-state index contributed by atoms with van der Waals surface area (Å²) in [6, 6.07) is 17.9. The summed E-state index contributed by atoms with van der Waals surface area (Å²) in [5.41, 5.74) is 2.49. The fourth-order valence-corrected chi connectivity index (χ4v) is 2.56. The molecule has 0 saturated carbocycles. The molecule has 1 nitrogen and oxygen atoms in total. The van der Waals surface area contributed by atoms with Crippen molar-refractivity contribution in [1.82, 2.24) is 0 Å². The molecule has 0 fully saturated rings. The van der Waals surface area contributed by atoms with E-state index in [1.165, 1.54) is 11.1 Å². The Morgan fingerprint density at radius 1 is 1.00 bits per heavy atom. The minimum Gasteiger partial charge on any atom is -0.508 e. The molecular weight excluding hydrogens is 276 g/mol. The lowest BCUT2D eigenvalue weighted by atomic mass is 9.94. The molecule has 2 rings (SSSR count). The van der Waals surface area contributed by atoms with Gasteiger partial charge in [-0.15, -0.1) is 0 Å². The molecular formula is C15H15BrO. The zero-order valence-corrected chi connectivity index (χ0v) is 11.1. The van der Waals surface area contributed by atoms with Crippen LogP contribution in [0.3, 0.4) is 0 Å². The number of alkyl halides is 1. The predicted octanol–water partition coefficient (Wildman–Crippen LogP) is 4.11. The van der Waals surface area contributed by atoms with Crippen LogP contribution in [0.2, 0.25) is 0 Å². The molecule has 2 aromatic rings. The van der Waals surface area contributed by atoms with Crippen LogP contribution in [0.15, 0.2) is 54.6 Å². The Labute approximate surface area is 110 Å². The van der Waals surface area contributed by atoms with E-state index in [0.717, 1.165) is 11.8 Å². The van der Waals surface area contributed by atoms with E-state index in [2.05, 4.69) is 46.3 Å². The lowest BCUT2D eigenvalue weighted by Gasteiger charge is -2.14. The monoisotopic (exact) mass is 290 g/mol. The molecule has 17 heavy (non-hydrogen) atoms. The van der Waals surface area contributed by atoms with Crippen LogP contribution in [-0.2, 0) is 6.42 Å². The quantitative estimate of drug-likeness (QED) is 0.840. The topological polar surface area (TPSA) is 20.2 Å². The molecule has 0 heterocycles. The van der Waals surface area contributed by atoms with E-state index < -0.39 is 0 Å². The standard InChI is InChI=1S/C15H15BrO/c16-11-14(13-6-2-1-3-7-13)9-12-5-4-8-15(17)10-12/h1-8,10,14,17H,9,11H2. The number of rotatable bonds is 4. The van der Waals surface area contributed by atoms with Gasteiger partial charge in [-0.3, -0.25) is 0 Å². The number of hydrogen-bond acceptors (Lipinski definition) is 1. The summed E-state index contributed by atoms with van der Waals surface area (Å²) in [6.45, 7) is 0. The van der Waals surface area contributed by atoms with Gasteiger partial charge < -0.3 is 5.11 Å². The number of aromatic hydroxyl groups is 1. The maximum Gasteiger partial charge on any atom is 0.115 e. The zero-order chi connectivity index (χ0) is 12.1. The molecule has 0 amide bonds. The first kappa shape index (κ1) is 12.2. The van der Waals surface area contributed by atoms with E-state index in [-0.39, 0.29) is 0 Å². The van der Waals surface area contributed by atoms with Gasteiger partial charge in [0.15, 0.2) is 0 Å². The van der Waals surface area contributed by atoms with Crippen LogP contribution in [-0.4, -0.2) is 10.4 Å². The Balaban J connectivity index is 2.16. The highest BCUT2D eigenvalue weighted by atomic mass is 79.9. The van der Waals surface area contributed by atoms with Crippen molar-refractivity contribution in [3.63, 3.8) is 0 Å². The third-order valence-corrected chi connectivity index (χ3v) is 3.63. The largest absolute Gasteiger partial charge is 0.508 e. The van der Waals surface area contributed by atoms with Crippen LogP contribution in [0.1, 0.15) is 17.0 Å². The number of phenolic OH excluding ortho intramolecular Hbond substituents is 1. The van der Waals surface area contributed by atoms with Crippen molar-refractivity contribution in [2.75, 3.05) is 5.33 Å². The second-order valence-corrected chi connectivity index (χ2v) is 4.78. The number of hydrogen-bond donors (Lipinski definition) is 1. The lowest BCUT2D eigenvalue weighted by Crippen LogP contribution is -2.04. The highest BCUT2D eigenvalue weighted by Crippen LogP contribution is 2.24. The van der Waals surface area contributed by atoms with E-state index in [1.54, 1.807) is 6.07 Å². The van der Waals surface area contributed by atoms with Crippen molar-refractivity contribution in [3.05, 3.63) is 65.7 Å². The van der Waals surface area contributed by atoms with Crippen molar-refractivity contribution in [2.45, 2.75) is 12.3 Å². The molecule has 1 N–H and O–H groups in total. The summed E-state index contributed by atoms with van der Waals surface area (Å²) in [6.07, 6.45) is 0.934. The highest BCUT2D eigenvalue weighted by molar-refractivity contribution is 9.09. The molecule has 0 bridgehead atoms. The van der Waals surface area contributed by atoms with E-state index in [9.17, 15) is 5.11 Å². The Bertz CT molecular complexity index is 467. The van der Waals surface area contributed by atoms with E-state index in [1.807, 2.05) is 18.2 Å². The van der Waals surface area contributed by atoms with Gasteiger partial charge in [-0.25, -0.2) is 0 Å². The van der Waals surface area contributed by atoms with Gasteiger partial charge in [-0.2, -0.15) is 0 Å². The molecule has 0 aliphatic heterocycles. The zero-order valence-electron chi connectivity index (χ0n) is 9.51. The first-order chi connectivity index (χ1) is 8.29. The summed E-state index contributed by atoms with van der Waals surface area (Å²) < 4.78 is 0. The van der Waals surface area contributed by atoms with E-state index in [0.29, 0.717) is 11.7 Å². The summed E-state index contributed by atoms with van der Waals surface area (Å²) in [5.74, 6) is 0.780. The molecule has 2 heteroatoms. The number of phenols is 1. The Hall–Kier alpha value is -1.28. The van der Waals surface area contributed by atoms with Crippen molar-refractivity contribution in [3.8, 4) is 5.75 Å². The van der Waals surface area contributed by atoms with Gasteiger partial charge >= 0.3 is 0 Å². The Morgan fingerprint density at radius 2 is 1.76 bits per heavy atom. The van der Waals surface area contributed by atoms with Crippen LogP contribution >= 0.6 is 15.9 Å². The smallest absolute Gasteiger partial charge is 0.115 e. The summed E-state index contributed by atoms with van der Waals surface area (Å²) >= 11 is 3.57. The van der Waals surface area contributed by atoms with Gasteiger partial charge in [0.2, 0.25) is 0 Å². The molecule has 2 aromatic carbocycles. The van der Waals surface area contributed by atoms with Crippen molar-refractivity contribution in [1.29, 1.82) is 0 Å². The number of halogens is 1. The van der Waals surface area contributed by atoms with Gasteiger partial charge in [0.1, 0.15) is 5.75 Å². The summed E-state index contributed by atoms with van der Waals surface area (Å²) in [7, 11) is 0. The SMILES string of the molecule is Oc1cccc(CC(CBr)c2ccccc2)c1. The fraction of sp³-hybridized carbons (Fsp3) is 0.200. The van der Waals surface area contributed by atoms with Crippen LogP contribution in [0.4, 0.5) is 0 Å². The lowest BCUT2D eigenvalue weighted by molar-refractivity contribution is 0.474. The maximum atomic E-state index is 9.46. The molecule has 1 atom stereocenters. The first-order valence-corrected chi connectivity index (χ1v) is 6.80. The van der Waals surface area contributed by atoms with Gasteiger partial charge in [0.05, 0.1) is 0 Å². The minimum absolute atomic E-state index is 0.337. The van der Waals surface area contributed by atoms with E-state index >= 15 is 0 Å². The van der Waals surface area contributed by atoms with Crippen LogP contribution in [0, 0.1) is 0 Å². The number of benzene rings is 2. The molecule has 88 valence electrons. The molecule has 0 spiro atoms. The molecule has 1 unspecified atom stereocenters. The van der Waals surface area contributed by atoms with Crippen LogP contribution in [0.5, 0.6) is 5.75 Å². The normalized spacial score (nSPS) is 12.3. The molecule has 0 aromatic heterocycles. The molecule has 0 saturated heterocycles. The van der Waals surface area contributed by atoms with Crippen LogP contribution < -0.4 is 0 Å².